The molecule has 1 atom stereocenters. The quantitative estimate of drug-likeness (QED) is 0.828. The fourth-order valence-electron chi connectivity index (χ4n) is 2.05. The van der Waals surface area contributed by atoms with Crippen LogP contribution in [-0.4, -0.2) is 43.5 Å². The fraction of sp³-hybridized carbons (Fsp3) is 0.562. The Morgan fingerprint density at radius 1 is 1.27 bits per heavy atom. The number of rotatable bonds is 6. The van der Waals surface area contributed by atoms with Crippen LogP contribution in [-0.2, 0) is 9.59 Å². The highest BCUT2D eigenvalue weighted by molar-refractivity contribution is 5.88. The molecule has 0 bridgehead atoms. The normalized spacial score (nSPS) is 12.4. The van der Waals surface area contributed by atoms with Gasteiger partial charge in [-0.25, -0.2) is 0 Å². The number of hydrogen-bond donors (Lipinski definition) is 2. The highest BCUT2D eigenvalue weighted by atomic mass is 16.2. The van der Waals surface area contributed by atoms with Crippen LogP contribution in [0.1, 0.15) is 27.2 Å². The highest BCUT2D eigenvalue weighted by Crippen LogP contribution is 2.19. The van der Waals surface area contributed by atoms with Gasteiger partial charge in [-0.15, -0.1) is 0 Å². The third-order valence-electron chi connectivity index (χ3n) is 3.46. The lowest BCUT2D eigenvalue weighted by atomic mass is 9.86. The molecule has 0 saturated carbocycles. The second-order valence-corrected chi connectivity index (χ2v) is 6.36. The zero-order valence-electron chi connectivity index (χ0n) is 14.0. The maximum Gasteiger partial charge on any atom is 0.242 e. The molecule has 6 nitrogen and oxygen atoms in total. The molecule has 0 aliphatic rings. The molecule has 0 aromatic carbocycles. The van der Waals surface area contributed by atoms with Gasteiger partial charge in [-0.3, -0.25) is 14.6 Å². The van der Waals surface area contributed by atoms with Gasteiger partial charge in [0.15, 0.2) is 0 Å². The summed E-state index contributed by atoms with van der Waals surface area (Å²) in [6.45, 7) is 6.35. The number of anilines is 1. The Kier molecular flexibility index (Phi) is 6.34. The van der Waals surface area contributed by atoms with Gasteiger partial charge >= 0.3 is 0 Å². The average Bonchev–Trinajstić information content (AvgIpc) is 2.49. The second kappa shape index (κ2) is 7.77. The van der Waals surface area contributed by atoms with E-state index in [2.05, 4.69) is 15.6 Å². The van der Waals surface area contributed by atoms with Gasteiger partial charge in [0.1, 0.15) is 6.04 Å². The van der Waals surface area contributed by atoms with Gasteiger partial charge in [0, 0.05) is 45.1 Å². The van der Waals surface area contributed by atoms with Crippen LogP contribution in [0.5, 0.6) is 0 Å². The lowest BCUT2D eigenvalue weighted by molar-refractivity contribution is -0.131. The molecule has 6 heteroatoms. The zero-order valence-corrected chi connectivity index (χ0v) is 14.0. The van der Waals surface area contributed by atoms with Crippen molar-refractivity contribution in [3.8, 4) is 0 Å². The van der Waals surface area contributed by atoms with E-state index in [1.165, 1.54) is 0 Å². The first kappa shape index (κ1) is 17.9. The molecule has 122 valence electrons. The van der Waals surface area contributed by atoms with Crippen LogP contribution in [0.15, 0.2) is 24.5 Å². The summed E-state index contributed by atoms with van der Waals surface area (Å²) in [5, 5.41) is 5.42. The number of nitrogens with zero attached hydrogens (tertiary/aromatic N) is 2. The first-order valence-corrected chi connectivity index (χ1v) is 7.38. The van der Waals surface area contributed by atoms with Crippen LogP contribution in [0.2, 0.25) is 0 Å². The van der Waals surface area contributed by atoms with Crippen LogP contribution >= 0.6 is 0 Å². The number of hydrogen-bond acceptors (Lipinski definition) is 4. The molecule has 2 amide bonds. The molecule has 0 spiro atoms. The van der Waals surface area contributed by atoms with Crippen LogP contribution in [0.4, 0.5) is 5.69 Å². The molecule has 1 rings (SSSR count). The summed E-state index contributed by atoms with van der Waals surface area (Å²) >= 11 is 0. The summed E-state index contributed by atoms with van der Waals surface area (Å²) < 4.78 is 0. The number of carbonyl (C=O) groups excluding carboxylic acids is 2. The largest absolute Gasteiger partial charge is 0.374 e. The second-order valence-electron chi connectivity index (χ2n) is 6.36. The lowest BCUT2D eigenvalue weighted by Gasteiger charge is -2.30. The SMILES string of the molecule is CNC(=O)[C@H](NC(=O)CCN(C)c1ccncc1)C(C)(C)C. The van der Waals surface area contributed by atoms with Gasteiger partial charge in [-0.2, -0.15) is 0 Å². The van der Waals surface area contributed by atoms with Crippen LogP contribution in [0.25, 0.3) is 0 Å². The topological polar surface area (TPSA) is 74.3 Å². The Morgan fingerprint density at radius 2 is 1.86 bits per heavy atom. The summed E-state index contributed by atoms with van der Waals surface area (Å²) in [6.07, 6.45) is 3.75. The first-order valence-electron chi connectivity index (χ1n) is 7.38. The number of amides is 2. The molecule has 1 aromatic heterocycles. The zero-order chi connectivity index (χ0) is 16.8. The van der Waals surface area contributed by atoms with Crippen molar-refractivity contribution in [1.29, 1.82) is 0 Å². The number of aromatic nitrogens is 1. The molecule has 2 N–H and O–H groups in total. The minimum atomic E-state index is -0.545. The van der Waals surface area contributed by atoms with Gasteiger partial charge in [0.05, 0.1) is 0 Å². The monoisotopic (exact) mass is 306 g/mol. The van der Waals surface area contributed by atoms with Crippen molar-refractivity contribution in [3.63, 3.8) is 0 Å². The summed E-state index contributed by atoms with van der Waals surface area (Å²) in [7, 11) is 3.49. The summed E-state index contributed by atoms with van der Waals surface area (Å²) in [5.41, 5.74) is 0.661. The molecule has 0 aliphatic carbocycles. The van der Waals surface area contributed by atoms with Crippen molar-refractivity contribution in [1.82, 2.24) is 15.6 Å². The van der Waals surface area contributed by atoms with Crippen molar-refractivity contribution >= 4 is 17.5 Å². The molecule has 0 fully saturated rings. The van der Waals surface area contributed by atoms with Gasteiger partial charge in [-0.1, -0.05) is 20.8 Å². The lowest BCUT2D eigenvalue weighted by Crippen LogP contribution is -2.53. The van der Waals surface area contributed by atoms with Crippen molar-refractivity contribution in [3.05, 3.63) is 24.5 Å². The predicted molar refractivity (Wildman–Crippen MR) is 87.6 cm³/mol. The molecular weight excluding hydrogens is 280 g/mol. The predicted octanol–water partition coefficient (Wildman–Crippen LogP) is 1.18. The summed E-state index contributed by atoms with van der Waals surface area (Å²) in [5.74, 6) is -0.312. The third kappa shape index (κ3) is 5.35. The Balaban J connectivity index is 2.56. The molecule has 1 aromatic rings. The summed E-state index contributed by atoms with van der Waals surface area (Å²) in [6, 6.07) is 3.23. The van der Waals surface area contributed by atoms with E-state index in [0.717, 1.165) is 5.69 Å². The minimum Gasteiger partial charge on any atom is -0.374 e. The van der Waals surface area contributed by atoms with E-state index in [1.54, 1.807) is 19.4 Å². The van der Waals surface area contributed by atoms with E-state index in [4.69, 9.17) is 0 Å². The molecule has 22 heavy (non-hydrogen) atoms. The van der Waals surface area contributed by atoms with Crippen molar-refractivity contribution in [2.45, 2.75) is 33.2 Å². The van der Waals surface area contributed by atoms with Crippen LogP contribution in [0.3, 0.4) is 0 Å². The number of nitrogens with one attached hydrogen (secondary N) is 2. The number of pyridine rings is 1. The molecule has 0 saturated heterocycles. The van der Waals surface area contributed by atoms with Crippen molar-refractivity contribution in [2.75, 3.05) is 25.5 Å². The van der Waals surface area contributed by atoms with Gasteiger partial charge in [0.25, 0.3) is 0 Å². The smallest absolute Gasteiger partial charge is 0.242 e. The molecule has 1 heterocycles. The molecule has 0 unspecified atom stereocenters. The Bertz CT molecular complexity index is 497. The summed E-state index contributed by atoms with van der Waals surface area (Å²) in [4.78, 5) is 30.0. The van der Waals surface area contributed by atoms with E-state index in [1.807, 2.05) is 44.9 Å². The van der Waals surface area contributed by atoms with Gasteiger partial charge in [-0.05, 0) is 17.5 Å². The highest BCUT2D eigenvalue weighted by Gasteiger charge is 2.31. The van der Waals surface area contributed by atoms with Crippen molar-refractivity contribution in [2.24, 2.45) is 5.41 Å². The van der Waals surface area contributed by atoms with Gasteiger partial charge in [0.2, 0.25) is 11.8 Å². The maximum absolute atomic E-state index is 12.1. The standard InChI is InChI=1S/C16H26N4O2/c1-16(2,3)14(15(22)17-4)19-13(21)8-11-20(5)12-6-9-18-10-7-12/h6-7,9-10,14H,8,11H2,1-5H3,(H,17,22)(H,19,21)/t14-/m0/s1. The van der Waals surface area contributed by atoms with E-state index in [-0.39, 0.29) is 17.2 Å². The molecular formula is C16H26N4O2. The number of likely N-dealkylation sites (N-methyl/N-ethyl adjacent to an activating group) is 1. The van der Waals surface area contributed by atoms with Crippen molar-refractivity contribution < 1.29 is 9.59 Å². The van der Waals surface area contributed by atoms with E-state index < -0.39 is 6.04 Å². The Labute approximate surface area is 132 Å². The Hall–Kier alpha value is -2.11. The fourth-order valence-corrected chi connectivity index (χ4v) is 2.05. The van der Waals surface area contributed by atoms with E-state index >= 15 is 0 Å². The third-order valence-corrected chi connectivity index (χ3v) is 3.46. The Morgan fingerprint density at radius 3 is 2.36 bits per heavy atom. The van der Waals surface area contributed by atoms with E-state index in [0.29, 0.717) is 13.0 Å². The number of carbonyl (C=O) groups is 2. The first-order chi connectivity index (χ1) is 10.3. The van der Waals surface area contributed by atoms with E-state index in [9.17, 15) is 9.59 Å². The van der Waals surface area contributed by atoms with Crippen LogP contribution in [0, 0.1) is 5.41 Å². The van der Waals surface area contributed by atoms with Crippen LogP contribution < -0.4 is 15.5 Å². The molecule has 0 aliphatic heterocycles. The maximum atomic E-state index is 12.1. The molecule has 0 radical (unpaired) electrons. The van der Waals surface area contributed by atoms with Gasteiger partial charge < -0.3 is 15.5 Å². The minimum absolute atomic E-state index is 0.135. The average molecular weight is 306 g/mol.